The molecular formula is C16H23N3. The Bertz CT molecular complexity index is 543. The summed E-state index contributed by atoms with van der Waals surface area (Å²) in [6, 6.07) is 5.07. The smallest absolute Gasteiger partial charge is 0.122 e. The van der Waals surface area contributed by atoms with Gasteiger partial charge in [0, 0.05) is 18.4 Å². The van der Waals surface area contributed by atoms with Gasteiger partial charge in [0.1, 0.15) is 5.82 Å². The van der Waals surface area contributed by atoms with Crippen LogP contribution in [0.5, 0.6) is 0 Å². The zero-order valence-electron chi connectivity index (χ0n) is 12.4. The Morgan fingerprint density at radius 3 is 2.32 bits per heavy atom. The first-order valence-electron chi connectivity index (χ1n) is 6.82. The summed E-state index contributed by atoms with van der Waals surface area (Å²) in [5, 5.41) is 3.59. The molecular weight excluding hydrogens is 234 g/mol. The fourth-order valence-electron chi connectivity index (χ4n) is 2.51. The number of nitrogens with zero attached hydrogens (tertiary/aromatic N) is 1. The van der Waals surface area contributed by atoms with E-state index in [0.29, 0.717) is 6.04 Å². The fraction of sp³-hybridized carbons (Fsp3) is 0.438. The molecule has 0 fully saturated rings. The van der Waals surface area contributed by atoms with Crippen LogP contribution in [0.3, 0.4) is 0 Å². The number of hydrogen-bond donors (Lipinski definition) is 2. The number of aromatic amines is 1. The minimum Gasteiger partial charge on any atom is -0.347 e. The largest absolute Gasteiger partial charge is 0.347 e. The van der Waals surface area contributed by atoms with Gasteiger partial charge in [0.15, 0.2) is 0 Å². The Balaban J connectivity index is 2.16. The second kappa shape index (κ2) is 5.57. The van der Waals surface area contributed by atoms with Crippen LogP contribution < -0.4 is 5.32 Å². The molecule has 0 radical (unpaired) electrons. The normalized spacial score (nSPS) is 14.4. The van der Waals surface area contributed by atoms with Crippen molar-refractivity contribution >= 4 is 0 Å². The van der Waals surface area contributed by atoms with Crippen LogP contribution in [0.4, 0.5) is 0 Å². The number of rotatable bonds is 4. The van der Waals surface area contributed by atoms with Gasteiger partial charge < -0.3 is 10.3 Å². The Morgan fingerprint density at radius 1 is 1.00 bits per heavy atom. The quantitative estimate of drug-likeness (QED) is 0.876. The van der Waals surface area contributed by atoms with E-state index in [-0.39, 0.29) is 6.04 Å². The van der Waals surface area contributed by atoms with Crippen molar-refractivity contribution in [2.24, 2.45) is 0 Å². The average molecular weight is 257 g/mol. The van der Waals surface area contributed by atoms with Crippen LogP contribution in [-0.4, -0.2) is 9.97 Å². The first-order valence-corrected chi connectivity index (χ1v) is 6.82. The van der Waals surface area contributed by atoms with Gasteiger partial charge in [0.2, 0.25) is 0 Å². The molecule has 0 spiro atoms. The van der Waals surface area contributed by atoms with E-state index in [9.17, 15) is 0 Å². The van der Waals surface area contributed by atoms with Gasteiger partial charge in [0.25, 0.3) is 0 Å². The number of aromatic nitrogens is 2. The van der Waals surface area contributed by atoms with E-state index in [0.717, 1.165) is 5.82 Å². The maximum Gasteiger partial charge on any atom is 0.122 e. The monoisotopic (exact) mass is 257 g/mol. The molecule has 0 saturated carbocycles. The molecule has 0 aliphatic carbocycles. The minimum absolute atomic E-state index is 0.214. The molecule has 2 rings (SSSR count). The lowest BCUT2D eigenvalue weighted by Crippen LogP contribution is -2.24. The molecule has 0 aliphatic rings. The molecule has 2 unspecified atom stereocenters. The summed E-state index contributed by atoms with van der Waals surface area (Å²) in [6.07, 6.45) is 3.65. The van der Waals surface area contributed by atoms with Gasteiger partial charge in [-0.3, -0.25) is 0 Å². The highest BCUT2D eigenvalue weighted by atomic mass is 15.0. The van der Waals surface area contributed by atoms with Crippen LogP contribution in [-0.2, 0) is 0 Å². The molecule has 0 bridgehead atoms. The highest BCUT2D eigenvalue weighted by Crippen LogP contribution is 2.23. The maximum atomic E-state index is 4.30. The van der Waals surface area contributed by atoms with Crippen molar-refractivity contribution < 1.29 is 0 Å². The molecule has 1 heterocycles. The van der Waals surface area contributed by atoms with E-state index in [1.54, 1.807) is 6.20 Å². The molecule has 2 aromatic rings. The van der Waals surface area contributed by atoms with Crippen molar-refractivity contribution in [3.05, 3.63) is 52.6 Å². The highest BCUT2D eigenvalue weighted by Gasteiger charge is 2.14. The zero-order valence-corrected chi connectivity index (χ0v) is 12.4. The molecule has 1 aromatic heterocycles. The number of H-pyrrole nitrogens is 1. The van der Waals surface area contributed by atoms with Crippen LogP contribution in [0.25, 0.3) is 0 Å². The first-order chi connectivity index (χ1) is 8.99. The predicted octanol–water partition coefficient (Wildman–Crippen LogP) is 3.75. The third kappa shape index (κ3) is 3.04. The maximum absolute atomic E-state index is 4.30. The minimum atomic E-state index is 0.214. The van der Waals surface area contributed by atoms with Crippen molar-refractivity contribution in [1.29, 1.82) is 0 Å². The molecule has 0 saturated heterocycles. The van der Waals surface area contributed by atoms with E-state index in [1.165, 1.54) is 22.3 Å². The van der Waals surface area contributed by atoms with E-state index in [4.69, 9.17) is 0 Å². The van der Waals surface area contributed by atoms with Crippen molar-refractivity contribution in [1.82, 2.24) is 15.3 Å². The lowest BCUT2D eigenvalue weighted by molar-refractivity contribution is 0.478. The molecule has 2 atom stereocenters. The molecule has 0 aliphatic heterocycles. The number of hydrogen-bond acceptors (Lipinski definition) is 2. The molecule has 3 nitrogen and oxygen atoms in total. The van der Waals surface area contributed by atoms with E-state index >= 15 is 0 Å². The fourth-order valence-corrected chi connectivity index (χ4v) is 2.51. The van der Waals surface area contributed by atoms with Crippen molar-refractivity contribution in [3.8, 4) is 0 Å². The standard InChI is InChI=1S/C16H23N3/c1-10-8-12(3)15(9-11(10)2)13(4)19-14(5)16-17-6-7-18-16/h6-9,13-14,19H,1-5H3,(H,17,18). The number of nitrogens with one attached hydrogen (secondary N) is 2. The third-order valence-electron chi connectivity index (χ3n) is 3.78. The van der Waals surface area contributed by atoms with Gasteiger partial charge >= 0.3 is 0 Å². The van der Waals surface area contributed by atoms with Gasteiger partial charge in [-0.15, -0.1) is 0 Å². The molecule has 3 heteroatoms. The van der Waals surface area contributed by atoms with Crippen LogP contribution in [0.15, 0.2) is 24.5 Å². The summed E-state index contributed by atoms with van der Waals surface area (Å²) in [5.74, 6) is 0.980. The summed E-state index contributed by atoms with van der Waals surface area (Å²) in [6.45, 7) is 10.8. The van der Waals surface area contributed by atoms with Gasteiger partial charge in [-0.05, 0) is 56.9 Å². The summed E-state index contributed by atoms with van der Waals surface area (Å²) >= 11 is 0. The number of aryl methyl sites for hydroxylation is 3. The molecule has 1 aromatic carbocycles. The van der Waals surface area contributed by atoms with Crippen LogP contribution in [0.1, 0.15) is 54.0 Å². The lowest BCUT2D eigenvalue weighted by Gasteiger charge is -2.21. The molecule has 2 N–H and O–H groups in total. The zero-order chi connectivity index (χ0) is 14.0. The SMILES string of the molecule is Cc1cc(C)c(C(C)NC(C)c2ncc[nH]2)cc1C. The van der Waals surface area contributed by atoms with Crippen LogP contribution in [0, 0.1) is 20.8 Å². The van der Waals surface area contributed by atoms with Gasteiger partial charge in [-0.1, -0.05) is 12.1 Å². The second-order valence-electron chi connectivity index (χ2n) is 5.38. The van der Waals surface area contributed by atoms with Gasteiger partial charge in [0.05, 0.1) is 6.04 Å². The Labute approximate surface area is 115 Å². The lowest BCUT2D eigenvalue weighted by atomic mass is 9.96. The van der Waals surface area contributed by atoms with E-state index in [2.05, 4.69) is 62.0 Å². The average Bonchev–Trinajstić information content (AvgIpc) is 2.87. The van der Waals surface area contributed by atoms with Crippen LogP contribution in [0.2, 0.25) is 0 Å². The third-order valence-corrected chi connectivity index (χ3v) is 3.78. The molecule has 19 heavy (non-hydrogen) atoms. The molecule has 102 valence electrons. The van der Waals surface area contributed by atoms with Crippen molar-refractivity contribution in [2.75, 3.05) is 0 Å². The molecule has 0 amide bonds. The van der Waals surface area contributed by atoms with E-state index in [1.807, 2.05) is 6.20 Å². The summed E-state index contributed by atoms with van der Waals surface area (Å²) in [4.78, 5) is 7.45. The first kappa shape index (κ1) is 13.8. The predicted molar refractivity (Wildman–Crippen MR) is 79.2 cm³/mol. The summed E-state index contributed by atoms with van der Waals surface area (Å²) < 4.78 is 0. The Kier molecular flexibility index (Phi) is 4.05. The van der Waals surface area contributed by atoms with Crippen molar-refractivity contribution in [3.63, 3.8) is 0 Å². The summed E-state index contributed by atoms with van der Waals surface area (Å²) in [5.41, 5.74) is 5.41. The Morgan fingerprint density at radius 2 is 1.68 bits per heavy atom. The van der Waals surface area contributed by atoms with Gasteiger partial charge in [-0.2, -0.15) is 0 Å². The summed E-state index contributed by atoms with van der Waals surface area (Å²) in [7, 11) is 0. The van der Waals surface area contributed by atoms with Crippen LogP contribution >= 0.6 is 0 Å². The topological polar surface area (TPSA) is 40.7 Å². The number of benzene rings is 1. The van der Waals surface area contributed by atoms with Gasteiger partial charge in [-0.25, -0.2) is 4.98 Å². The number of imidazole rings is 1. The van der Waals surface area contributed by atoms with Crippen molar-refractivity contribution in [2.45, 2.75) is 46.7 Å². The van der Waals surface area contributed by atoms with E-state index < -0.39 is 0 Å². The highest BCUT2D eigenvalue weighted by molar-refractivity contribution is 5.38. The second-order valence-corrected chi connectivity index (χ2v) is 5.38. The Hall–Kier alpha value is -1.61.